The number of non-ortho nitro benzene ring substituents is 1. The molecule has 1 aliphatic heterocycles. The fraction of sp³-hybridized carbons (Fsp3) is 0.263. The first-order valence-corrected chi connectivity index (χ1v) is 9.02. The smallest absolute Gasteiger partial charge is 0.270 e. The van der Waals surface area contributed by atoms with Gasteiger partial charge in [-0.3, -0.25) is 19.7 Å². The molecule has 1 N–H and O–H groups in total. The molecule has 0 radical (unpaired) electrons. The zero-order valence-corrected chi connectivity index (χ0v) is 15.9. The molecule has 28 heavy (non-hydrogen) atoms. The average Bonchev–Trinajstić information content (AvgIpc) is 2.68. The first kappa shape index (κ1) is 19.6. The predicted octanol–water partition coefficient (Wildman–Crippen LogP) is 4.03. The van der Waals surface area contributed by atoms with E-state index in [1.54, 1.807) is 23.1 Å². The van der Waals surface area contributed by atoms with Gasteiger partial charge in [0.25, 0.3) is 11.6 Å². The van der Waals surface area contributed by atoms with Crippen LogP contribution >= 0.6 is 11.6 Å². The first-order chi connectivity index (χ1) is 13.4. The SMILES string of the molecule is COc1ccc(NC(=O)c2ccc([N+](=O)[O-])cc2Cl)cc1N1CCCCC1=O. The van der Waals surface area contributed by atoms with Gasteiger partial charge in [0.1, 0.15) is 5.75 Å². The van der Waals surface area contributed by atoms with E-state index in [0.717, 1.165) is 18.9 Å². The first-order valence-electron chi connectivity index (χ1n) is 8.64. The summed E-state index contributed by atoms with van der Waals surface area (Å²) in [7, 11) is 1.52. The summed E-state index contributed by atoms with van der Waals surface area (Å²) in [6.07, 6.45) is 2.22. The van der Waals surface area contributed by atoms with Crippen molar-refractivity contribution in [1.29, 1.82) is 0 Å². The van der Waals surface area contributed by atoms with Crippen molar-refractivity contribution in [3.63, 3.8) is 0 Å². The third kappa shape index (κ3) is 4.07. The van der Waals surface area contributed by atoms with Gasteiger partial charge >= 0.3 is 0 Å². The summed E-state index contributed by atoms with van der Waals surface area (Å²) in [6, 6.07) is 8.63. The lowest BCUT2D eigenvalue weighted by atomic mass is 10.1. The minimum Gasteiger partial charge on any atom is -0.495 e. The van der Waals surface area contributed by atoms with Crippen molar-refractivity contribution < 1.29 is 19.2 Å². The van der Waals surface area contributed by atoms with Crippen molar-refractivity contribution in [2.45, 2.75) is 19.3 Å². The molecule has 0 atom stereocenters. The number of piperidine rings is 1. The summed E-state index contributed by atoms with van der Waals surface area (Å²) < 4.78 is 5.35. The number of halogens is 1. The maximum atomic E-state index is 12.5. The highest BCUT2D eigenvalue weighted by Gasteiger charge is 2.23. The van der Waals surface area contributed by atoms with Crippen LogP contribution in [-0.2, 0) is 4.79 Å². The number of nitrogens with zero attached hydrogens (tertiary/aromatic N) is 2. The van der Waals surface area contributed by atoms with Gasteiger partial charge in [-0.05, 0) is 37.1 Å². The lowest BCUT2D eigenvalue weighted by Gasteiger charge is -2.28. The lowest BCUT2D eigenvalue weighted by molar-refractivity contribution is -0.384. The molecule has 8 nitrogen and oxygen atoms in total. The van der Waals surface area contributed by atoms with E-state index in [0.29, 0.717) is 30.1 Å². The molecule has 2 aromatic rings. The van der Waals surface area contributed by atoms with Crippen LogP contribution in [0.4, 0.5) is 17.1 Å². The molecule has 2 aromatic carbocycles. The van der Waals surface area contributed by atoms with Crippen LogP contribution < -0.4 is 15.0 Å². The lowest BCUT2D eigenvalue weighted by Crippen LogP contribution is -2.35. The van der Waals surface area contributed by atoms with Gasteiger partial charge in [0.2, 0.25) is 5.91 Å². The van der Waals surface area contributed by atoms with E-state index in [1.807, 2.05) is 0 Å². The molecular weight excluding hydrogens is 386 g/mol. The second-order valence-electron chi connectivity index (χ2n) is 6.26. The Morgan fingerprint density at radius 3 is 2.68 bits per heavy atom. The van der Waals surface area contributed by atoms with E-state index in [9.17, 15) is 19.7 Å². The highest BCUT2D eigenvalue weighted by atomic mass is 35.5. The zero-order chi connectivity index (χ0) is 20.3. The Morgan fingerprint density at radius 1 is 1.25 bits per heavy atom. The van der Waals surface area contributed by atoms with Crippen molar-refractivity contribution >= 4 is 40.5 Å². The topological polar surface area (TPSA) is 102 Å². The Kier molecular flexibility index (Phi) is 5.79. The quantitative estimate of drug-likeness (QED) is 0.600. The number of anilines is 2. The Bertz CT molecular complexity index is 947. The van der Waals surface area contributed by atoms with Crippen molar-refractivity contribution in [1.82, 2.24) is 0 Å². The number of hydrogen-bond donors (Lipinski definition) is 1. The van der Waals surface area contributed by atoms with Gasteiger partial charge in [0, 0.05) is 30.8 Å². The van der Waals surface area contributed by atoms with Crippen molar-refractivity contribution in [2.75, 3.05) is 23.9 Å². The summed E-state index contributed by atoms with van der Waals surface area (Å²) in [5.41, 5.74) is 0.948. The van der Waals surface area contributed by atoms with Crippen LogP contribution in [0.2, 0.25) is 5.02 Å². The van der Waals surface area contributed by atoms with Crippen LogP contribution in [0.15, 0.2) is 36.4 Å². The maximum absolute atomic E-state index is 12.5. The zero-order valence-electron chi connectivity index (χ0n) is 15.1. The largest absolute Gasteiger partial charge is 0.495 e. The number of carbonyl (C=O) groups excluding carboxylic acids is 2. The van der Waals surface area contributed by atoms with Crippen LogP contribution in [-0.4, -0.2) is 30.4 Å². The number of amides is 2. The average molecular weight is 404 g/mol. The minimum atomic E-state index is -0.584. The molecule has 0 aliphatic carbocycles. The van der Waals surface area contributed by atoms with Gasteiger partial charge in [-0.1, -0.05) is 11.6 Å². The fourth-order valence-corrected chi connectivity index (χ4v) is 3.30. The summed E-state index contributed by atoms with van der Waals surface area (Å²) in [6.45, 7) is 0.584. The molecule has 0 bridgehead atoms. The molecule has 2 amide bonds. The van der Waals surface area contributed by atoms with Gasteiger partial charge in [0.15, 0.2) is 0 Å². The Hall–Kier alpha value is -3.13. The molecule has 1 saturated heterocycles. The number of hydrogen-bond acceptors (Lipinski definition) is 5. The molecule has 3 rings (SSSR count). The van der Waals surface area contributed by atoms with E-state index >= 15 is 0 Å². The van der Waals surface area contributed by atoms with Gasteiger partial charge in [0.05, 0.1) is 28.3 Å². The number of carbonyl (C=O) groups is 2. The molecule has 0 spiro atoms. The van der Waals surface area contributed by atoms with Crippen LogP contribution in [0, 0.1) is 10.1 Å². The number of benzene rings is 2. The summed E-state index contributed by atoms with van der Waals surface area (Å²) >= 11 is 6.02. The molecule has 0 aromatic heterocycles. The number of ether oxygens (including phenoxy) is 1. The molecule has 9 heteroatoms. The standard InChI is InChI=1S/C19H18ClN3O5/c1-28-17-8-5-12(10-16(17)22-9-3-2-4-18(22)24)21-19(25)14-7-6-13(23(26)27)11-15(14)20/h5-8,10-11H,2-4,9H2,1H3,(H,21,25). The van der Waals surface area contributed by atoms with Crippen LogP contribution in [0.3, 0.4) is 0 Å². The van der Waals surface area contributed by atoms with Crippen LogP contribution in [0.1, 0.15) is 29.6 Å². The monoisotopic (exact) mass is 403 g/mol. The van der Waals surface area contributed by atoms with Gasteiger partial charge in [-0.2, -0.15) is 0 Å². The van der Waals surface area contributed by atoms with Crippen molar-refractivity contribution in [2.24, 2.45) is 0 Å². The van der Waals surface area contributed by atoms with E-state index in [4.69, 9.17) is 16.3 Å². The molecule has 0 saturated carbocycles. The molecular formula is C19H18ClN3O5. The van der Waals surface area contributed by atoms with E-state index < -0.39 is 10.8 Å². The number of nitro groups is 1. The van der Waals surface area contributed by atoms with E-state index in [2.05, 4.69) is 5.32 Å². The van der Waals surface area contributed by atoms with E-state index in [1.165, 1.54) is 19.2 Å². The van der Waals surface area contributed by atoms with Gasteiger partial charge < -0.3 is 15.0 Å². The van der Waals surface area contributed by atoms with Crippen molar-refractivity contribution in [3.05, 3.63) is 57.1 Å². The Morgan fingerprint density at radius 2 is 2.04 bits per heavy atom. The number of methoxy groups -OCH3 is 1. The number of nitrogens with one attached hydrogen (secondary N) is 1. The molecule has 0 unspecified atom stereocenters. The summed E-state index contributed by atoms with van der Waals surface area (Å²) in [4.78, 5) is 36.7. The molecule has 146 valence electrons. The van der Waals surface area contributed by atoms with Gasteiger partial charge in [-0.25, -0.2) is 0 Å². The predicted molar refractivity (Wildman–Crippen MR) is 105 cm³/mol. The van der Waals surface area contributed by atoms with Crippen LogP contribution in [0.25, 0.3) is 0 Å². The second kappa shape index (κ2) is 8.26. The normalized spacial score (nSPS) is 13.9. The highest BCUT2D eigenvalue weighted by molar-refractivity contribution is 6.34. The molecule has 1 heterocycles. The second-order valence-corrected chi connectivity index (χ2v) is 6.67. The minimum absolute atomic E-state index is 0.00596. The molecule has 1 fully saturated rings. The highest BCUT2D eigenvalue weighted by Crippen LogP contribution is 2.34. The number of rotatable bonds is 5. The fourth-order valence-electron chi connectivity index (χ4n) is 3.04. The summed E-state index contributed by atoms with van der Waals surface area (Å²) in [5, 5.41) is 13.5. The van der Waals surface area contributed by atoms with Crippen LogP contribution in [0.5, 0.6) is 5.75 Å². The Balaban J connectivity index is 1.86. The summed E-state index contributed by atoms with van der Waals surface area (Å²) in [5.74, 6) is 0.0223. The van der Waals surface area contributed by atoms with E-state index in [-0.39, 0.29) is 22.2 Å². The van der Waals surface area contributed by atoms with Gasteiger partial charge in [-0.15, -0.1) is 0 Å². The molecule has 1 aliphatic rings. The Labute approximate surface area is 166 Å². The third-order valence-corrected chi connectivity index (χ3v) is 4.77. The maximum Gasteiger partial charge on any atom is 0.270 e. The third-order valence-electron chi connectivity index (χ3n) is 4.46. The van der Waals surface area contributed by atoms with Crippen molar-refractivity contribution in [3.8, 4) is 5.75 Å². The number of nitro benzene ring substituents is 1.